The summed E-state index contributed by atoms with van der Waals surface area (Å²) in [6.07, 6.45) is 5.22. The lowest BCUT2D eigenvalue weighted by Crippen LogP contribution is -2.65. The monoisotopic (exact) mass is 228 g/mol. The fourth-order valence-electron chi connectivity index (χ4n) is 2.86. The van der Waals surface area contributed by atoms with Crippen LogP contribution in [-0.4, -0.2) is 56.5 Å². The maximum absolute atomic E-state index is 5.99. The van der Waals surface area contributed by atoms with E-state index in [1.165, 1.54) is 12.8 Å². The predicted molar refractivity (Wildman–Crippen MR) is 63.4 cm³/mol. The van der Waals surface area contributed by atoms with Gasteiger partial charge in [-0.15, -0.1) is 0 Å². The van der Waals surface area contributed by atoms with Crippen molar-refractivity contribution in [2.75, 3.05) is 33.9 Å². The highest BCUT2D eigenvalue weighted by Gasteiger charge is 2.51. The lowest BCUT2D eigenvalue weighted by molar-refractivity contribution is -0.0951. The molecule has 0 radical (unpaired) electrons. The molecule has 0 unspecified atom stereocenters. The number of hydrogen-bond acceptors (Lipinski definition) is 4. The van der Waals surface area contributed by atoms with E-state index in [1.54, 1.807) is 14.2 Å². The van der Waals surface area contributed by atoms with E-state index < -0.39 is 0 Å². The molecule has 0 amide bonds. The minimum absolute atomic E-state index is 0.195. The van der Waals surface area contributed by atoms with Gasteiger partial charge in [0.25, 0.3) is 0 Å². The Hall–Kier alpha value is -0.160. The van der Waals surface area contributed by atoms with Crippen LogP contribution in [0.3, 0.4) is 0 Å². The van der Waals surface area contributed by atoms with Crippen LogP contribution in [-0.2, 0) is 9.47 Å². The fraction of sp³-hybridized carbons (Fsp3) is 1.00. The molecule has 0 aromatic heterocycles. The van der Waals surface area contributed by atoms with E-state index in [0.717, 1.165) is 38.6 Å². The van der Waals surface area contributed by atoms with E-state index in [4.69, 9.17) is 15.2 Å². The quantitative estimate of drug-likeness (QED) is 0.693. The number of rotatable bonds is 7. The lowest BCUT2D eigenvalue weighted by Gasteiger charge is -2.53. The lowest BCUT2D eigenvalue weighted by atomic mass is 9.72. The van der Waals surface area contributed by atoms with Crippen molar-refractivity contribution in [1.82, 2.24) is 4.90 Å². The average Bonchev–Trinajstić information content (AvgIpc) is 3.05. The van der Waals surface area contributed by atoms with Gasteiger partial charge in [-0.25, -0.2) is 0 Å². The largest absolute Gasteiger partial charge is 0.383 e. The molecule has 4 heteroatoms. The van der Waals surface area contributed by atoms with Crippen LogP contribution in [0.4, 0.5) is 0 Å². The molecule has 2 fully saturated rings. The first kappa shape index (κ1) is 12.3. The number of hydrogen-bond donors (Lipinski definition) is 1. The Morgan fingerprint density at radius 1 is 1.31 bits per heavy atom. The molecule has 2 saturated carbocycles. The van der Waals surface area contributed by atoms with Crippen molar-refractivity contribution in [2.24, 2.45) is 5.73 Å². The van der Waals surface area contributed by atoms with Crippen molar-refractivity contribution < 1.29 is 9.47 Å². The predicted octanol–water partition coefficient (Wildman–Crippen LogP) is 0.604. The Bertz CT molecular complexity index is 225. The smallest absolute Gasteiger partial charge is 0.0607 e. The Balaban J connectivity index is 1.94. The first-order valence-corrected chi connectivity index (χ1v) is 6.24. The molecular weight excluding hydrogens is 204 g/mol. The summed E-state index contributed by atoms with van der Waals surface area (Å²) in [6.45, 7) is 2.55. The van der Waals surface area contributed by atoms with Crippen LogP contribution >= 0.6 is 0 Å². The van der Waals surface area contributed by atoms with Crippen LogP contribution in [0.15, 0.2) is 0 Å². The van der Waals surface area contributed by atoms with Crippen molar-refractivity contribution in [1.29, 1.82) is 0 Å². The summed E-state index contributed by atoms with van der Waals surface area (Å²) in [7, 11) is 3.56. The molecule has 2 N–H and O–H groups in total. The van der Waals surface area contributed by atoms with Gasteiger partial charge in [0.2, 0.25) is 0 Å². The maximum atomic E-state index is 5.99. The first-order chi connectivity index (χ1) is 7.75. The highest BCUT2D eigenvalue weighted by atomic mass is 16.5. The number of methoxy groups -OCH3 is 2. The van der Waals surface area contributed by atoms with Crippen molar-refractivity contribution >= 4 is 0 Å². The zero-order chi connectivity index (χ0) is 11.6. The van der Waals surface area contributed by atoms with E-state index in [-0.39, 0.29) is 5.54 Å². The standard InChI is InChI=1S/C12H24N2O2/c1-15-6-5-14(10-3-4-10)12(9-13)7-11(8-12)16-2/h10-11H,3-9,13H2,1-2H3. The van der Waals surface area contributed by atoms with Crippen LogP contribution in [0.2, 0.25) is 0 Å². The Morgan fingerprint density at radius 3 is 2.44 bits per heavy atom. The summed E-state index contributed by atoms with van der Waals surface area (Å²) in [5.41, 5.74) is 6.18. The van der Waals surface area contributed by atoms with Crippen LogP contribution in [0.1, 0.15) is 25.7 Å². The molecule has 2 aliphatic rings. The van der Waals surface area contributed by atoms with Gasteiger partial charge in [0.15, 0.2) is 0 Å². The molecule has 0 heterocycles. The summed E-state index contributed by atoms with van der Waals surface area (Å²) >= 11 is 0. The zero-order valence-corrected chi connectivity index (χ0v) is 10.4. The van der Waals surface area contributed by atoms with Gasteiger partial charge in [-0.1, -0.05) is 0 Å². The second-order valence-electron chi connectivity index (χ2n) is 5.11. The minimum atomic E-state index is 0.195. The second-order valence-corrected chi connectivity index (χ2v) is 5.11. The Labute approximate surface area is 98.1 Å². The van der Waals surface area contributed by atoms with Gasteiger partial charge < -0.3 is 15.2 Å². The van der Waals surface area contributed by atoms with Gasteiger partial charge in [0.1, 0.15) is 0 Å². The molecule has 0 spiro atoms. The molecule has 0 atom stereocenters. The summed E-state index contributed by atoms with van der Waals surface area (Å²) in [5.74, 6) is 0. The van der Waals surface area contributed by atoms with Crippen LogP contribution in [0.25, 0.3) is 0 Å². The normalized spacial score (nSPS) is 34.1. The Morgan fingerprint density at radius 2 is 2.00 bits per heavy atom. The summed E-state index contributed by atoms with van der Waals surface area (Å²) in [6, 6.07) is 0.747. The SMILES string of the molecule is COCCN(C1CC1)C1(CN)CC(OC)C1. The summed E-state index contributed by atoms with van der Waals surface area (Å²) < 4.78 is 10.6. The third kappa shape index (κ3) is 2.25. The third-order valence-corrected chi connectivity index (χ3v) is 4.06. The first-order valence-electron chi connectivity index (χ1n) is 6.24. The zero-order valence-electron chi connectivity index (χ0n) is 10.4. The van der Waals surface area contributed by atoms with Crippen molar-refractivity contribution in [3.05, 3.63) is 0 Å². The molecule has 4 nitrogen and oxygen atoms in total. The minimum Gasteiger partial charge on any atom is -0.383 e. The fourth-order valence-corrected chi connectivity index (χ4v) is 2.86. The van der Waals surface area contributed by atoms with E-state index in [2.05, 4.69) is 4.90 Å². The molecule has 16 heavy (non-hydrogen) atoms. The highest BCUT2D eigenvalue weighted by Crippen LogP contribution is 2.44. The summed E-state index contributed by atoms with van der Waals surface area (Å²) in [4.78, 5) is 2.58. The molecule has 0 aliphatic heterocycles. The molecular formula is C12H24N2O2. The molecule has 0 aromatic carbocycles. The highest BCUT2D eigenvalue weighted by molar-refractivity contribution is 5.08. The topological polar surface area (TPSA) is 47.7 Å². The van der Waals surface area contributed by atoms with E-state index in [0.29, 0.717) is 6.10 Å². The third-order valence-electron chi connectivity index (χ3n) is 4.06. The van der Waals surface area contributed by atoms with Gasteiger partial charge in [-0.05, 0) is 25.7 Å². The van der Waals surface area contributed by atoms with E-state index >= 15 is 0 Å². The molecule has 0 saturated heterocycles. The number of nitrogens with zero attached hydrogens (tertiary/aromatic N) is 1. The average molecular weight is 228 g/mol. The second kappa shape index (κ2) is 5.00. The van der Waals surface area contributed by atoms with Crippen molar-refractivity contribution in [3.63, 3.8) is 0 Å². The van der Waals surface area contributed by atoms with Crippen molar-refractivity contribution in [3.8, 4) is 0 Å². The number of nitrogens with two attached hydrogens (primary N) is 1. The van der Waals surface area contributed by atoms with Gasteiger partial charge in [0.05, 0.1) is 12.7 Å². The van der Waals surface area contributed by atoms with E-state index in [1.807, 2.05) is 0 Å². The van der Waals surface area contributed by atoms with Gasteiger partial charge in [-0.2, -0.15) is 0 Å². The molecule has 2 aliphatic carbocycles. The van der Waals surface area contributed by atoms with Crippen molar-refractivity contribution in [2.45, 2.75) is 43.4 Å². The van der Waals surface area contributed by atoms with Gasteiger partial charge in [-0.3, -0.25) is 4.90 Å². The maximum Gasteiger partial charge on any atom is 0.0607 e. The number of ether oxygens (including phenoxy) is 2. The molecule has 0 bridgehead atoms. The van der Waals surface area contributed by atoms with Crippen LogP contribution in [0, 0.1) is 0 Å². The van der Waals surface area contributed by atoms with E-state index in [9.17, 15) is 0 Å². The van der Waals surface area contributed by atoms with Gasteiger partial charge >= 0.3 is 0 Å². The van der Waals surface area contributed by atoms with Crippen LogP contribution < -0.4 is 5.73 Å². The van der Waals surface area contributed by atoms with Crippen LogP contribution in [0.5, 0.6) is 0 Å². The molecule has 0 aromatic rings. The summed E-state index contributed by atoms with van der Waals surface area (Å²) in [5, 5.41) is 0. The molecule has 94 valence electrons. The Kier molecular flexibility index (Phi) is 3.85. The van der Waals surface area contributed by atoms with Gasteiger partial charge in [0, 0.05) is 38.9 Å². The molecule has 2 rings (SSSR count).